The second kappa shape index (κ2) is 9.15. The molecule has 0 atom stereocenters. The molecular weight excluding hydrogens is 342 g/mol. The van der Waals surface area contributed by atoms with Gasteiger partial charge in [0.05, 0.1) is 16.7 Å². The molecule has 0 aliphatic heterocycles. The normalized spacial score (nSPS) is 10.7. The van der Waals surface area contributed by atoms with Crippen LogP contribution in [0.3, 0.4) is 0 Å². The van der Waals surface area contributed by atoms with Gasteiger partial charge in [-0.15, -0.1) is 11.3 Å². The monoisotopic (exact) mass is 365 g/mol. The summed E-state index contributed by atoms with van der Waals surface area (Å²) in [7, 11) is 0. The van der Waals surface area contributed by atoms with Gasteiger partial charge in [0, 0.05) is 18.3 Å². The van der Waals surface area contributed by atoms with Crippen LogP contribution in [0.25, 0.3) is 0 Å². The van der Waals surface area contributed by atoms with E-state index in [0.29, 0.717) is 6.54 Å². The number of aryl methyl sites for hydroxylation is 1. The van der Waals surface area contributed by atoms with E-state index in [1.54, 1.807) is 11.3 Å². The highest BCUT2D eigenvalue weighted by molar-refractivity contribution is 7.09. The Morgan fingerprint density at radius 2 is 1.65 bits per heavy atom. The SMILES string of the molecule is CCc1nc(CCNC(=O)NC(c2ccccc2)c2ccccc2)cs1. The molecule has 0 fully saturated rings. The number of urea groups is 1. The molecule has 2 N–H and O–H groups in total. The number of thiazole rings is 1. The number of benzene rings is 2. The van der Waals surface area contributed by atoms with E-state index < -0.39 is 0 Å². The number of rotatable bonds is 7. The summed E-state index contributed by atoms with van der Waals surface area (Å²) in [6, 6.07) is 19.6. The number of nitrogens with zero attached hydrogens (tertiary/aromatic N) is 1. The van der Waals surface area contributed by atoms with Gasteiger partial charge in [0.25, 0.3) is 0 Å². The van der Waals surface area contributed by atoms with Crippen molar-refractivity contribution in [1.29, 1.82) is 0 Å². The summed E-state index contributed by atoms with van der Waals surface area (Å²) in [5.74, 6) is 0. The van der Waals surface area contributed by atoms with E-state index in [1.807, 2.05) is 60.7 Å². The molecule has 0 unspecified atom stereocenters. The molecule has 1 heterocycles. The van der Waals surface area contributed by atoms with Crippen LogP contribution in [-0.4, -0.2) is 17.6 Å². The van der Waals surface area contributed by atoms with Crippen LogP contribution in [0, 0.1) is 0 Å². The molecule has 2 amide bonds. The number of carbonyl (C=O) groups excluding carboxylic acids is 1. The van der Waals surface area contributed by atoms with E-state index in [2.05, 4.69) is 27.9 Å². The van der Waals surface area contributed by atoms with Gasteiger partial charge in [-0.1, -0.05) is 67.6 Å². The largest absolute Gasteiger partial charge is 0.338 e. The third kappa shape index (κ3) is 4.92. The lowest BCUT2D eigenvalue weighted by Crippen LogP contribution is -2.39. The number of hydrogen-bond donors (Lipinski definition) is 2. The highest BCUT2D eigenvalue weighted by atomic mass is 32.1. The fourth-order valence-corrected chi connectivity index (χ4v) is 3.54. The van der Waals surface area contributed by atoms with Crippen LogP contribution in [0.1, 0.15) is 34.8 Å². The summed E-state index contributed by atoms with van der Waals surface area (Å²) in [6.07, 6.45) is 1.69. The topological polar surface area (TPSA) is 54.0 Å². The molecule has 0 aliphatic carbocycles. The van der Waals surface area contributed by atoms with Crippen molar-refractivity contribution in [2.45, 2.75) is 25.8 Å². The van der Waals surface area contributed by atoms with Gasteiger partial charge in [-0.2, -0.15) is 0 Å². The van der Waals surface area contributed by atoms with E-state index in [1.165, 1.54) is 0 Å². The third-order valence-corrected chi connectivity index (χ3v) is 5.15. The first-order chi connectivity index (χ1) is 12.8. The molecule has 3 rings (SSSR count). The van der Waals surface area contributed by atoms with Crippen LogP contribution < -0.4 is 10.6 Å². The Morgan fingerprint density at radius 3 is 2.19 bits per heavy atom. The summed E-state index contributed by atoms with van der Waals surface area (Å²) in [6.45, 7) is 2.66. The van der Waals surface area contributed by atoms with Gasteiger partial charge in [0.2, 0.25) is 0 Å². The zero-order valence-electron chi connectivity index (χ0n) is 14.8. The van der Waals surface area contributed by atoms with Crippen molar-refractivity contribution >= 4 is 17.4 Å². The van der Waals surface area contributed by atoms with Crippen LogP contribution in [0.5, 0.6) is 0 Å². The van der Waals surface area contributed by atoms with Crippen LogP contribution in [-0.2, 0) is 12.8 Å². The standard InChI is InChI=1S/C21H23N3OS/c1-2-19-23-18(15-26-19)13-14-22-21(25)24-20(16-9-5-3-6-10-16)17-11-7-4-8-12-17/h3-12,15,20H,2,13-14H2,1H3,(H2,22,24,25). The minimum Gasteiger partial charge on any atom is -0.338 e. The third-order valence-electron chi connectivity index (χ3n) is 4.11. The Labute approximate surface area is 158 Å². The van der Waals surface area contributed by atoms with Gasteiger partial charge in [-0.05, 0) is 17.5 Å². The fourth-order valence-electron chi connectivity index (χ4n) is 2.76. The number of carbonyl (C=O) groups is 1. The highest BCUT2D eigenvalue weighted by Gasteiger charge is 2.16. The predicted molar refractivity (Wildman–Crippen MR) is 106 cm³/mol. The molecular formula is C21H23N3OS. The lowest BCUT2D eigenvalue weighted by atomic mass is 9.99. The Morgan fingerprint density at radius 1 is 1.04 bits per heavy atom. The van der Waals surface area contributed by atoms with Gasteiger partial charge < -0.3 is 10.6 Å². The van der Waals surface area contributed by atoms with Crippen LogP contribution >= 0.6 is 11.3 Å². The Balaban J connectivity index is 1.60. The minimum absolute atomic E-state index is 0.173. The molecule has 3 aromatic rings. The van der Waals surface area contributed by atoms with E-state index in [9.17, 15) is 4.79 Å². The maximum Gasteiger partial charge on any atom is 0.315 e. The van der Waals surface area contributed by atoms with Crippen LogP contribution in [0.15, 0.2) is 66.0 Å². The molecule has 0 radical (unpaired) electrons. The van der Waals surface area contributed by atoms with Crippen molar-refractivity contribution in [3.8, 4) is 0 Å². The summed E-state index contributed by atoms with van der Waals surface area (Å²) >= 11 is 1.67. The Hall–Kier alpha value is -2.66. The van der Waals surface area contributed by atoms with Crippen molar-refractivity contribution in [1.82, 2.24) is 15.6 Å². The molecule has 4 nitrogen and oxygen atoms in total. The minimum atomic E-state index is -0.177. The number of amides is 2. The molecule has 5 heteroatoms. The molecule has 0 spiro atoms. The van der Waals surface area contributed by atoms with E-state index in [4.69, 9.17) is 0 Å². The Kier molecular flexibility index (Phi) is 6.39. The molecule has 0 saturated heterocycles. The summed E-state index contributed by atoms with van der Waals surface area (Å²) < 4.78 is 0. The van der Waals surface area contributed by atoms with E-state index in [0.717, 1.165) is 34.7 Å². The second-order valence-electron chi connectivity index (χ2n) is 5.99. The van der Waals surface area contributed by atoms with Gasteiger partial charge in [0.1, 0.15) is 0 Å². The second-order valence-corrected chi connectivity index (χ2v) is 6.93. The molecule has 134 valence electrons. The summed E-state index contributed by atoms with van der Waals surface area (Å²) in [4.78, 5) is 16.9. The molecule has 0 saturated carbocycles. The maximum absolute atomic E-state index is 12.4. The highest BCUT2D eigenvalue weighted by Crippen LogP contribution is 2.21. The van der Waals surface area contributed by atoms with Crippen molar-refractivity contribution in [2.24, 2.45) is 0 Å². The average molecular weight is 366 g/mol. The average Bonchev–Trinajstić information content (AvgIpc) is 3.15. The zero-order valence-corrected chi connectivity index (χ0v) is 15.6. The summed E-state index contributed by atoms with van der Waals surface area (Å²) in [5.41, 5.74) is 3.15. The molecule has 26 heavy (non-hydrogen) atoms. The van der Waals surface area contributed by atoms with Crippen LogP contribution in [0.2, 0.25) is 0 Å². The first-order valence-corrected chi connectivity index (χ1v) is 9.71. The first kappa shape index (κ1) is 18.1. The number of nitrogens with one attached hydrogen (secondary N) is 2. The van der Waals surface area contributed by atoms with Crippen LogP contribution in [0.4, 0.5) is 4.79 Å². The molecule has 0 bridgehead atoms. The van der Waals surface area contributed by atoms with E-state index in [-0.39, 0.29) is 12.1 Å². The maximum atomic E-state index is 12.4. The van der Waals surface area contributed by atoms with Crippen molar-refractivity contribution in [3.63, 3.8) is 0 Å². The quantitative estimate of drug-likeness (QED) is 0.654. The summed E-state index contributed by atoms with van der Waals surface area (Å²) in [5, 5.41) is 9.23. The van der Waals surface area contributed by atoms with Gasteiger partial charge >= 0.3 is 6.03 Å². The zero-order chi connectivity index (χ0) is 18.2. The Bertz CT molecular complexity index is 778. The van der Waals surface area contributed by atoms with Crippen molar-refractivity contribution < 1.29 is 4.79 Å². The molecule has 1 aromatic heterocycles. The first-order valence-electron chi connectivity index (χ1n) is 8.83. The van der Waals surface area contributed by atoms with E-state index >= 15 is 0 Å². The lowest BCUT2D eigenvalue weighted by Gasteiger charge is -2.20. The smallest absolute Gasteiger partial charge is 0.315 e. The lowest BCUT2D eigenvalue weighted by molar-refractivity contribution is 0.239. The van der Waals surface area contributed by atoms with Gasteiger partial charge in [-0.3, -0.25) is 0 Å². The molecule has 0 aliphatic rings. The van der Waals surface area contributed by atoms with Crippen molar-refractivity contribution in [2.75, 3.05) is 6.54 Å². The fraction of sp³-hybridized carbons (Fsp3) is 0.238. The van der Waals surface area contributed by atoms with Gasteiger partial charge in [0.15, 0.2) is 0 Å². The van der Waals surface area contributed by atoms with Gasteiger partial charge in [-0.25, -0.2) is 9.78 Å². The molecule has 2 aromatic carbocycles. The van der Waals surface area contributed by atoms with Crippen molar-refractivity contribution in [3.05, 3.63) is 87.9 Å². The predicted octanol–water partition coefficient (Wildman–Crippen LogP) is 4.34. The number of hydrogen-bond acceptors (Lipinski definition) is 3. The number of aromatic nitrogens is 1.